The summed E-state index contributed by atoms with van der Waals surface area (Å²) in [4.78, 5) is 4.32. The van der Waals surface area contributed by atoms with E-state index in [0.717, 1.165) is 24.2 Å². The van der Waals surface area contributed by atoms with E-state index in [0.29, 0.717) is 0 Å². The SMILES string of the molecule is CCNC(Cc1ccccn1)c1ccc(OC)c(F)c1. The summed E-state index contributed by atoms with van der Waals surface area (Å²) >= 11 is 0. The largest absolute Gasteiger partial charge is 0.494 e. The summed E-state index contributed by atoms with van der Waals surface area (Å²) in [7, 11) is 1.47. The van der Waals surface area contributed by atoms with Gasteiger partial charge in [0.15, 0.2) is 11.6 Å². The molecule has 0 fully saturated rings. The molecule has 3 nitrogen and oxygen atoms in total. The molecular formula is C16H19FN2O. The Morgan fingerprint density at radius 3 is 2.75 bits per heavy atom. The van der Waals surface area contributed by atoms with Crippen LogP contribution in [0.1, 0.15) is 24.2 Å². The molecule has 1 atom stereocenters. The summed E-state index contributed by atoms with van der Waals surface area (Å²) in [6, 6.07) is 10.9. The molecule has 0 aliphatic rings. The van der Waals surface area contributed by atoms with Crippen LogP contribution >= 0.6 is 0 Å². The molecule has 0 saturated heterocycles. The van der Waals surface area contributed by atoms with Crippen LogP contribution < -0.4 is 10.1 Å². The highest BCUT2D eigenvalue weighted by atomic mass is 19.1. The molecule has 2 rings (SSSR count). The first-order valence-electron chi connectivity index (χ1n) is 6.71. The first kappa shape index (κ1) is 14.5. The highest BCUT2D eigenvalue weighted by Crippen LogP contribution is 2.23. The van der Waals surface area contributed by atoms with Gasteiger partial charge in [0.05, 0.1) is 7.11 Å². The average Bonchev–Trinajstić information content (AvgIpc) is 2.48. The molecule has 1 aromatic heterocycles. The van der Waals surface area contributed by atoms with Crippen LogP contribution in [0.4, 0.5) is 4.39 Å². The first-order chi connectivity index (χ1) is 9.74. The first-order valence-corrected chi connectivity index (χ1v) is 6.71. The van der Waals surface area contributed by atoms with Gasteiger partial charge in [-0.25, -0.2) is 4.39 Å². The maximum atomic E-state index is 13.8. The number of likely N-dealkylation sites (N-methyl/N-ethyl adjacent to an activating group) is 1. The Kier molecular flexibility index (Phi) is 5.07. The molecule has 0 saturated carbocycles. The number of pyridine rings is 1. The lowest BCUT2D eigenvalue weighted by Gasteiger charge is -2.18. The highest BCUT2D eigenvalue weighted by molar-refractivity contribution is 5.31. The van der Waals surface area contributed by atoms with Crippen molar-refractivity contribution in [2.45, 2.75) is 19.4 Å². The number of benzene rings is 1. The third kappa shape index (κ3) is 3.54. The predicted octanol–water partition coefficient (Wildman–Crippen LogP) is 3.12. The van der Waals surface area contributed by atoms with Crippen LogP contribution in [0, 0.1) is 5.82 Å². The fourth-order valence-corrected chi connectivity index (χ4v) is 2.18. The normalized spacial score (nSPS) is 12.2. The number of nitrogens with zero attached hydrogens (tertiary/aromatic N) is 1. The lowest BCUT2D eigenvalue weighted by Crippen LogP contribution is -2.23. The highest BCUT2D eigenvalue weighted by Gasteiger charge is 2.14. The van der Waals surface area contributed by atoms with E-state index in [4.69, 9.17) is 4.74 Å². The van der Waals surface area contributed by atoms with Crippen molar-refractivity contribution in [1.29, 1.82) is 0 Å². The van der Waals surface area contributed by atoms with Gasteiger partial charge in [0.2, 0.25) is 0 Å². The molecule has 1 N–H and O–H groups in total. The van der Waals surface area contributed by atoms with Crippen molar-refractivity contribution in [3.05, 3.63) is 59.7 Å². The fraction of sp³-hybridized carbons (Fsp3) is 0.312. The second-order valence-electron chi connectivity index (χ2n) is 4.53. The molecule has 4 heteroatoms. The van der Waals surface area contributed by atoms with Crippen LogP contribution in [-0.2, 0) is 6.42 Å². The van der Waals surface area contributed by atoms with Crippen molar-refractivity contribution >= 4 is 0 Å². The van der Waals surface area contributed by atoms with Crippen molar-refractivity contribution in [2.24, 2.45) is 0 Å². The maximum Gasteiger partial charge on any atom is 0.165 e. The van der Waals surface area contributed by atoms with E-state index in [1.165, 1.54) is 13.2 Å². The van der Waals surface area contributed by atoms with Gasteiger partial charge in [0.1, 0.15) is 0 Å². The number of methoxy groups -OCH3 is 1. The molecule has 106 valence electrons. The van der Waals surface area contributed by atoms with E-state index in [2.05, 4.69) is 10.3 Å². The minimum Gasteiger partial charge on any atom is -0.494 e. The number of rotatable bonds is 6. The van der Waals surface area contributed by atoms with Gasteiger partial charge >= 0.3 is 0 Å². The van der Waals surface area contributed by atoms with E-state index in [1.54, 1.807) is 12.3 Å². The number of aromatic nitrogens is 1. The summed E-state index contributed by atoms with van der Waals surface area (Å²) in [5.74, 6) is -0.0734. The van der Waals surface area contributed by atoms with Gasteiger partial charge in [-0.3, -0.25) is 4.98 Å². The Morgan fingerprint density at radius 1 is 1.30 bits per heavy atom. The maximum absolute atomic E-state index is 13.8. The van der Waals surface area contributed by atoms with Crippen molar-refractivity contribution in [3.63, 3.8) is 0 Å². The third-order valence-electron chi connectivity index (χ3n) is 3.17. The van der Waals surface area contributed by atoms with Crippen molar-refractivity contribution in [1.82, 2.24) is 10.3 Å². The third-order valence-corrected chi connectivity index (χ3v) is 3.17. The van der Waals surface area contributed by atoms with E-state index in [1.807, 2.05) is 31.2 Å². The van der Waals surface area contributed by atoms with E-state index in [-0.39, 0.29) is 17.6 Å². The number of halogens is 1. The summed E-state index contributed by atoms with van der Waals surface area (Å²) in [5, 5.41) is 3.36. The number of hydrogen-bond acceptors (Lipinski definition) is 3. The molecular weight excluding hydrogens is 255 g/mol. The molecule has 1 unspecified atom stereocenters. The standard InChI is InChI=1S/C16H19FN2O/c1-3-18-15(11-13-6-4-5-9-19-13)12-7-8-16(20-2)14(17)10-12/h4-10,15,18H,3,11H2,1-2H3. The molecule has 20 heavy (non-hydrogen) atoms. The molecule has 0 bridgehead atoms. The Balaban J connectivity index is 2.22. The zero-order valence-corrected chi connectivity index (χ0v) is 11.8. The molecule has 0 aliphatic heterocycles. The molecule has 2 aromatic rings. The van der Waals surface area contributed by atoms with E-state index in [9.17, 15) is 4.39 Å². The van der Waals surface area contributed by atoms with Gasteiger partial charge in [-0.1, -0.05) is 19.1 Å². The fourth-order valence-electron chi connectivity index (χ4n) is 2.18. The zero-order chi connectivity index (χ0) is 14.4. The molecule has 1 heterocycles. The minimum absolute atomic E-state index is 0.0373. The summed E-state index contributed by atoms with van der Waals surface area (Å²) in [6.45, 7) is 2.84. The van der Waals surface area contributed by atoms with Gasteiger partial charge in [-0.15, -0.1) is 0 Å². The Bertz CT molecular complexity index is 545. The average molecular weight is 274 g/mol. The molecule has 1 aromatic carbocycles. The van der Waals surface area contributed by atoms with Crippen LogP contribution in [-0.4, -0.2) is 18.6 Å². The Morgan fingerprint density at radius 2 is 2.15 bits per heavy atom. The van der Waals surface area contributed by atoms with Crippen LogP contribution in [0.25, 0.3) is 0 Å². The van der Waals surface area contributed by atoms with Gasteiger partial charge in [-0.2, -0.15) is 0 Å². The predicted molar refractivity (Wildman–Crippen MR) is 77.3 cm³/mol. The van der Waals surface area contributed by atoms with Crippen LogP contribution in [0.15, 0.2) is 42.6 Å². The zero-order valence-electron chi connectivity index (χ0n) is 11.8. The summed E-state index contributed by atoms with van der Waals surface area (Å²) in [5.41, 5.74) is 1.88. The van der Waals surface area contributed by atoms with Crippen LogP contribution in [0.3, 0.4) is 0 Å². The topological polar surface area (TPSA) is 34.2 Å². The molecule has 0 aliphatic carbocycles. The van der Waals surface area contributed by atoms with Crippen LogP contribution in [0.2, 0.25) is 0 Å². The second-order valence-corrected chi connectivity index (χ2v) is 4.53. The summed E-state index contributed by atoms with van der Waals surface area (Å²) < 4.78 is 18.8. The number of nitrogens with one attached hydrogen (secondary N) is 1. The molecule has 0 radical (unpaired) electrons. The number of hydrogen-bond donors (Lipinski definition) is 1. The molecule has 0 amide bonds. The Labute approximate surface area is 118 Å². The van der Waals surface area contributed by atoms with Gasteiger partial charge in [0, 0.05) is 24.4 Å². The van der Waals surface area contributed by atoms with Crippen LogP contribution in [0.5, 0.6) is 5.75 Å². The monoisotopic (exact) mass is 274 g/mol. The molecule has 0 spiro atoms. The van der Waals surface area contributed by atoms with Crippen molar-refractivity contribution in [3.8, 4) is 5.75 Å². The van der Waals surface area contributed by atoms with Gasteiger partial charge in [0.25, 0.3) is 0 Å². The Hall–Kier alpha value is -1.94. The quantitative estimate of drug-likeness (QED) is 0.878. The van der Waals surface area contributed by atoms with Gasteiger partial charge < -0.3 is 10.1 Å². The lowest BCUT2D eigenvalue weighted by molar-refractivity contribution is 0.385. The lowest BCUT2D eigenvalue weighted by atomic mass is 10.0. The van der Waals surface area contributed by atoms with Gasteiger partial charge in [-0.05, 0) is 36.4 Å². The van der Waals surface area contributed by atoms with E-state index >= 15 is 0 Å². The second kappa shape index (κ2) is 7.01. The number of ether oxygens (including phenoxy) is 1. The summed E-state index contributed by atoms with van der Waals surface area (Å²) in [6.07, 6.45) is 2.49. The van der Waals surface area contributed by atoms with E-state index < -0.39 is 0 Å². The minimum atomic E-state index is -0.339. The smallest absolute Gasteiger partial charge is 0.165 e. The van der Waals surface area contributed by atoms with Crippen molar-refractivity contribution in [2.75, 3.05) is 13.7 Å². The van der Waals surface area contributed by atoms with Crippen molar-refractivity contribution < 1.29 is 9.13 Å².